The standard InChI is InChI=1S/C18H16FN3OS/c1-11(2)21-17(23)16-10-24-18(22-16)15-8-5-13(9-20-15)12-3-6-14(19)7-4-12/h3-11H,1-2H3,(H,21,23). The molecule has 1 N–H and O–H groups in total. The van der Waals surface area contributed by atoms with Gasteiger partial charge in [0.15, 0.2) is 0 Å². The summed E-state index contributed by atoms with van der Waals surface area (Å²) in [7, 11) is 0. The minimum Gasteiger partial charge on any atom is -0.349 e. The topological polar surface area (TPSA) is 54.9 Å². The van der Waals surface area contributed by atoms with Crippen LogP contribution < -0.4 is 5.32 Å². The third kappa shape index (κ3) is 3.65. The fourth-order valence-electron chi connectivity index (χ4n) is 2.17. The quantitative estimate of drug-likeness (QED) is 0.775. The maximum Gasteiger partial charge on any atom is 0.270 e. The summed E-state index contributed by atoms with van der Waals surface area (Å²) in [5.41, 5.74) is 2.89. The third-order valence-electron chi connectivity index (χ3n) is 3.32. The summed E-state index contributed by atoms with van der Waals surface area (Å²) in [6.45, 7) is 3.81. The van der Waals surface area contributed by atoms with Crippen molar-refractivity contribution in [2.24, 2.45) is 0 Å². The molecule has 122 valence electrons. The highest BCUT2D eigenvalue weighted by Crippen LogP contribution is 2.25. The number of pyridine rings is 1. The molecule has 1 aromatic carbocycles. The number of thiazole rings is 1. The fourth-order valence-corrected chi connectivity index (χ4v) is 2.94. The van der Waals surface area contributed by atoms with Crippen molar-refractivity contribution in [2.45, 2.75) is 19.9 Å². The summed E-state index contributed by atoms with van der Waals surface area (Å²) in [5.74, 6) is -0.450. The number of hydrogen-bond acceptors (Lipinski definition) is 4. The maximum atomic E-state index is 13.0. The van der Waals surface area contributed by atoms with Crippen LogP contribution >= 0.6 is 11.3 Å². The predicted octanol–water partition coefficient (Wildman–Crippen LogP) is 4.15. The Balaban J connectivity index is 1.80. The molecule has 0 saturated heterocycles. The van der Waals surface area contributed by atoms with Gasteiger partial charge in [0, 0.05) is 23.2 Å². The third-order valence-corrected chi connectivity index (χ3v) is 4.18. The number of carbonyl (C=O) groups excluding carboxylic acids is 1. The van der Waals surface area contributed by atoms with Crippen LogP contribution in [0.4, 0.5) is 4.39 Å². The lowest BCUT2D eigenvalue weighted by Gasteiger charge is -2.05. The smallest absolute Gasteiger partial charge is 0.270 e. The van der Waals surface area contributed by atoms with Crippen molar-refractivity contribution >= 4 is 17.2 Å². The zero-order chi connectivity index (χ0) is 17.1. The van der Waals surface area contributed by atoms with Gasteiger partial charge in [0.1, 0.15) is 16.5 Å². The summed E-state index contributed by atoms with van der Waals surface area (Å²) in [4.78, 5) is 20.7. The second-order valence-electron chi connectivity index (χ2n) is 5.61. The molecule has 24 heavy (non-hydrogen) atoms. The molecule has 0 aliphatic heterocycles. The Hall–Kier alpha value is -2.60. The van der Waals surface area contributed by atoms with E-state index in [9.17, 15) is 9.18 Å². The normalized spacial score (nSPS) is 10.8. The van der Waals surface area contributed by atoms with Crippen LogP contribution in [0.5, 0.6) is 0 Å². The lowest BCUT2D eigenvalue weighted by Crippen LogP contribution is -2.30. The van der Waals surface area contributed by atoms with E-state index in [1.807, 2.05) is 26.0 Å². The molecular weight excluding hydrogens is 325 g/mol. The van der Waals surface area contributed by atoms with Crippen LogP contribution in [0, 0.1) is 5.82 Å². The average Bonchev–Trinajstić information content (AvgIpc) is 3.05. The van der Waals surface area contributed by atoms with Gasteiger partial charge in [-0.15, -0.1) is 11.3 Å². The number of aromatic nitrogens is 2. The number of rotatable bonds is 4. The number of hydrogen-bond donors (Lipinski definition) is 1. The van der Waals surface area contributed by atoms with E-state index in [2.05, 4.69) is 15.3 Å². The molecule has 0 unspecified atom stereocenters. The van der Waals surface area contributed by atoms with E-state index in [0.717, 1.165) is 11.1 Å². The lowest BCUT2D eigenvalue weighted by molar-refractivity contribution is 0.0939. The Kier molecular flexibility index (Phi) is 4.66. The summed E-state index contributed by atoms with van der Waals surface area (Å²) in [6, 6.07) is 10.1. The van der Waals surface area contributed by atoms with Crippen LogP contribution in [0.3, 0.4) is 0 Å². The van der Waals surface area contributed by atoms with E-state index < -0.39 is 0 Å². The molecule has 4 nitrogen and oxygen atoms in total. The minimum atomic E-state index is -0.265. The lowest BCUT2D eigenvalue weighted by atomic mass is 10.1. The first-order valence-electron chi connectivity index (χ1n) is 7.51. The number of carbonyl (C=O) groups is 1. The van der Waals surface area contributed by atoms with E-state index in [4.69, 9.17) is 0 Å². The maximum absolute atomic E-state index is 13.0. The number of benzene rings is 1. The monoisotopic (exact) mass is 341 g/mol. The highest BCUT2D eigenvalue weighted by atomic mass is 32.1. The van der Waals surface area contributed by atoms with Crippen LogP contribution in [0.15, 0.2) is 48.0 Å². The fraction of sp³-hybridized carbons (Fsp3) is 0.167. The number of nitrogens with one attached hydrogen (secondary N) is 1. The number of halogens is 1. The zero-order valence-corrected chi connectivity index (χ0v) is 14.1. The van der Waals surface area contributed by atoms with Gasteiger partial charge in [0.2, 0.25) is 0 Å². The molecule has 2 heterocycles. The summed E-state index contributed by atoms with van der Waals surface area (Å²) >= 11 is 1.38. The van der Waals surface area contributed by atoms with Gasteiger partial charge in [0.25, 0.3) is 5.91 Å². The van der Waals surface area contributed by atoms with Crippen LogP contribution in [0.25, 0.3) is 21.8 Å². The van der Waals surface area contributed by atoms with Crippen molar-refractivity contribution in [3.05, 3.63) is 59.5 Å². The van der Waals surface area contributed by atoms with Gasteiger partial charge >= 0.3 is 0 Å². The second kappa shape index (κ2) is 6.88. The van der Waals surface area contributed by atoms with Crippen LogP contribution in [-0.2, 0) is 0 Å². The average molecular weight is 341 g/mol. The summed E-state index contributed by atoms with van der Waals surface area (Å²) in [6.07, 6.45) is 1.72. The zero-order valence-electron chi connectivity index (χ0n) is 13.3. The highest BCUT2D eigenvalue weighted by molar-refractivity contribution is 7.13. The molecule has 6 heteroatoms. The molecule has 0 atom stereocenters. The van der Waals surface area contributed by atoms with Crippen molar-refractivity contribution < 1.29 is 9.18 Å². The molecule has 2 aromatic heterocycles. The van der Waals surface area contributed by atoms with Crippen LogP contribution in [0.2, 0.25) is 0 Å². The molecule has 3 rings (SSSR count). The Bertz CT molecular complexity index is 841. The van der Waals surface area contributed by atoms with Gasteiger partial charge in [-0.25, -0.2) is 9.37 Å². The molecule has 0 fully saturated rings. The minimum absolute atomic E-state index is 0.0655. The largest absolute Gasteiger partial charge is 0.349 e. The molecule has 0 saturated carbocycles. The molecule has 3 aromatic rings. The van der Waals surface area contributed by atoms with E-state index in [0.29, 0.717) is 16.4 Å². The number of nitrogens with zero attached hydrogens (tertiary/aromatic N) is 2. The molecule has 0 spiro atoms. The Morgan fingerprint density at radius 2 is 1.83 bits per heavy atom. The first-order valence-corrected chi connectivity index (χ1v) is 8.39. The number of amides is 1. The summed E-state index contributed by atoms with van der Waals surface area (Å²) in [5, 5.41) is 5.23. The van der Waals surface area contributed by atoms with Crippen molar-refractivity contribution in [2.75, 3.05) is 0 Å². The van der Waals surface area contributed by atoms with Crippen molar-refractivity contribution in [3.8, 4) is 21.8 Å². The molecule has 0 bridgehead atoms. The van der Waals surface area contributed by atoms with Crippen molar-refractivity contribution in [3.63, 3.8) is 0 Å². The highest BCUT2D eigenvalue weighted by Gasteiger charge is 2.13. The molecule has 0 aliphatic carbocycles. The van der Waals surface area contributed by atoms with Gasteiger partial charge in [0.05, 0.1) is 5.69 Å². The van der Waals surface area contributed by atoms with Crippen LogP contribution in [0.1, 0.15) is 24.3 Å². The van der Waals surface area contributed by atoms with Gasteiger partial charge in [-0.2, -0.15) is 0 Å². The molecular formula is C18H16FN3OS. The van der Waals surface area contributed by atoms with Crippen molar-refractivity contribution in [1.82, 2.24) is 15.3 Å². The van der Waals surface area contributed by atoms with E-state index >= 15 is 0 Å². The van der Waals surface area contributed by atoms with Crippen LogP contribution in [-0.4, -0.2) is 21.9 Å². The van der Waals surface area contributed by atoms with Crippen molar-refractivity contribution in [1.29, 1.82) is 0 Å². The Morgan fingerprint density at radius 1 is 1.12 bits per heavy atom. The Morgan fingerprint density at radius 3 is 2.46 bits per heavy atom. The van der Waals surface area contributed by atoms with E-state index in [1.54, 1.807) is 23.7 Å². The summed E-state index contributed by atoms with van der Waals surface area (Å²) < 4.78 is 13.0. The van der Waals surface area contributed by atoms with Gasteiger partial charge in [-0.3, -0.25) is 9.78 Å². The van der Waals surface area contributed by atoms with Gasteiger partial charge < -0.3 is 5.32 Å². The van der Waals surface area contributed by atoms with Gasteiger partial charge in [-0.1, -0.05) is 18.2 Å². The molecule has 1 amide bonds. The Labute approximate surface area is 143 Å². The first-order chi connectivity index (χ1) is 11.5. The second-order valence-corrected chi connectivity index (χ2v) is 6.46. The predicted molar refractivity (Wildman–Crippen MR) is 93.3 cm³/mol. The SMILES string of the molecule is CC(C)NC(=O)c1csc(-c2ccc(-c3ccc(F)cc3)cn2)n1. The van der Waals surface area contributed by atoms with E-state index in [1.165, 1.54) is 23.5 Å². The molecule has 0 aliphatic rings. The van der Waals surface area contributed by atoms with E-state index in [-0.39, 0.29) is 17.8 Å². The first kappa shape index (κ1) is 16.3. The van der Waals surface area contributed by atoms with Gasteiger partial charge in [-0.05, 0) is 37.6 Å². The molecule has 0 radical (unpaired) electrons.